The van der Waals surface area contributed by atoms with Crippen LogP contribution in [0.25, 0.3) is 0 Å². The van der Waals surface area contributed by atoms with Gasteiger partial charge in [-0.05, 0) is 30.8 Å². The first-order valence-corrected chi connectivity index (χ1v) is 6.59. The fraction of sp³-hybridized carbons (Fsp3) is 0.500. The summed E-state index contributed by atoms with van der Waals surface area (Å²) in [6.07, 6.45) is 2.01. The van der Waals surface area contributed by atoms with Crippen LogP contribution in [0.5, 0.6) is 0 Å². The van der Waals surface area contributed by atoms with Crippen molar-refractivity contribution in [3.05, 3.63) is 23.8 Å². The zero-order valence-corrected chi connectivity index (χ0v) is 12.1. The predicted octanol–water partition coefficient (Wildman–Crippen LogP) is 1.80. The second-order valence-electron chi connectivity index (χ2n) is 5.32. The first-order valence-electron chi connectivity index (χ1n) is 6.59. The Balaban J connectivity index is 2.92. The predicted molar refractivity (Wildman–Crippen MR) is 81.0 cm³/mol. The van der Waals surface area contributed by atoms with Crippen LogP contribution in [0, 0.1) is 11.3 Å². The van der Waals surface area contributed by atoms with Crippen molar-refractivity contribution in [1.82, 2.24) is 0 Å². The van der Waals surface area contributed by atoms with E-state index in [0.717, 1.165) is 6.42 Å². The quantitative estimate of drug-likeness (QED) is 0.415. The van der Waals surface area contributed by atoms with Gasteiger partial charge in [0.15, 0.2) is 0 Å². The van der Waals surface area contributed by atoms with Gasteiger partial charge in [-0.1, -0.05) is 32.9 Å². The van der Waals surface area contributed by atoms with Crippen molar-refractivity contribution in [1.29, 1.82) is 5.41 Å². The SMILES string of the molecule is CCC(C)(OB(O)c1ccc(C=N)c(N)c1)C(C)C. The Hall–Kier alpha value is -1.33. The summed E-state index contributed by atoms with van der Waals surface area (Å²) in [6.45, 7) is 8.18. The van der Waals surface area contributed by atoms with Crippen LogP contribution in [0.15, 0.2) is 18.2 Å². The topological polar surface area (TPSA) is 79.3 Å². The van der Waals surface area contributed by atoms with E-state index in [1.165, 1.54) is 6.21 Å². The van der Waals surface area contributed by atoms with E-state index in [1.54, 1.807) is 18.2 Å². The molecule has 104 valence electrons. The van der Waals surface area contributed by atoms with Crippen LogP contribution in [0.1, 0.15) is 39.7 Å². The van der Waals surface area contributed by atoms with Crippen molar-refractivity contribution >= 4 is 24.5 Å². The van der Waals surface area contributed by atoms with Gasteiger partial charge in [0.05, 0.1) is 5.60 Å². The van der Waals surface area contributed by atoms with Crippen molar-refractivity contribution in [2.24, 2.45) is 5.92 Å². The van der Waals surface area contributed by atoms with Crippen LogP contribution >= 0.6 is 0 Å². The summed E-state index contributed by atoms with van der Waals surface area (Å²) in [5, 5.41) is 17.4. The number of benzene rings is 1. The largest absolute Gasteiger partial charge is 0.491 e. The molecule has 5 heteroatoms. The third-order valence-corrected chi connectivity index (χ3v) is 3.86. The van der Waals surface area contributed by atoms with Gasteiger partial charge in [-0.15, -0.1) is 0 Å². The van der Waals surface area contributed by atoms with E-state index >= 15 is 0 Å². The lowest BCUT2D eigenvalue weighted by molar-refractivity contribution is 0.0205. The summed E-state index contributed by atoms with van der Waals surface area (Å²) in [7, 11) is -1.01. The summed E-state index contributed by atoms with van der Waals surface area (Å²) in [4.78, 5) is 0. The summed E-state index contributed by atoms with van der Waals surface area (Å²) in [5.74, 6) is 0.297. The number of hydrogen-bond donors (Lipinski definition) is 3. The molecule has 0 bridgehead atoms. The van der Waals surface area contributed by atoms with Crippen LogP contribution in [-0.2, 0) is 4.65 Å². The van der Waals surface area contributed by atoms with E-state index in [-0.39, 0.29) is 5.60 Å². The number of nitrogens with two attached hydrogens (primary N) is 1. The zero-order valence-electron chi connectivity index (χ0n) is 12.1. The maximum atomic E-state index is 10.2. The molecule has 4 nitrogen and oxygen atoms in total. The van der Waals surface area contributed by atoms with Crippen LogP contribution < -0.4 is 11.2 Å². The molecule has 1 unspecified atom stereocenters. The maximum Gasteiger partial charge on any atom is 0.491 e. The number of rotatable bonds is 6. The molecule has 1 aromatic rings. The minimum atomic E-state index is -1.01. The van der Waals surface area contributed by atoms with E-state index in [2.05, 4.69) is 13.8 Å². The fourth-order valence-corrected chi connectivity index (χ4v) is 1.83. The molecule has 4 N–H and O–H groups in total. The van der Waals surface area contributed by atoms with E-state index in [1.807, 2.05) is 13.8 Å². The minimum Gasteiger partial charge on any atom is -0.423 e. The first-order chi connectivity index (χ1) is 8.84. The normalized spacial score (nSPS) is 14.2. The molecular weight excluding hydrogens is 239 g/mol. The lowest BCUT2D eigenvalue weighted by atomic mass is 9.76. The molecule has 0 radical (unpaired) electrons. The number of anilines is 1. The number of nitrogens with one attached hydrogen (secondary N) is 1. The highest BCUT2D eigenvalue weighted by molar-refractivity contribution is 6.60. The third kappa shape index (κ3) is 3.58. The van der Waals surface area contributed by atoms with Crippen LogP contribution in [0.2, 0.25) is 0 Å². The highest BCUT2D eigenvalue weighted by Gasteiger charge is 2.33. The lowest BCUT2D eigenvalue weighted by Crippen LogP contribution is -2.45. The summed E-state index contributed by atoms with van der Waals surface area (Å²) >= 11 is 0. The Morgan fingerprint density at radius 3 is 2.58 bits per heavy atom. The first kappa shape index (κ1) is 15.7. The van der Waals surface area contributed by atoms with Crippen molar-refractivity contribution in [3.63, 3.8) is 0 Å². The average Bonchev–Trinajstić information content (AvgIpc) is 2.38. The van der Waals surface area contributed by atoms with Crippen LogP contribution in [0.4, 0.5) is 5.69 Å². The molecule has 0 aliphatic heterocycles. The Morgan fingerprint density at radius 2 is 2.16 bits per heavy atom. The molecule has 0 saturated carbocycles. The Labute approximate surface area is 115 Å². The molecule has 0 spiro atoms. The van der Waals surface area contributed by atoms with Gasteiger partial charge in [0, 0.05) is 17.5 Å². The average molecular weight is 262 g/mol. The highest BCUT2D eigenvalue weighted by Crippen LogP contribution is 2.25. The molecule has 0 aromatic heterocycles. The highest BCUT2D eigenvalue weighted by atomic mass is 16.5. The lowest BCUT2D eigenvalue weighted by Gasteiger charge is -2.34. The molecule has 1 rings (SSSR count). The maximum absolute atomic E-state index is 10.2. The molecular formula is C14H23BN2O2. The Morgan fingerprint density at radius 1 is 1.53 bits per heavy atom. The monoisotopic (exact) mass is 262 g/mol. The van der Waals surface area contributed by atoms with Gasteiger partial charge >= 0.3 is 7.12 Å². The standard InChI is InChI=1S/C14H23BN2O2/c1-5-14(4,10(2)3)19-15(18)12-7-6-11(9-16)13(17)8-12/h6-10,16,18H,5,17H2,1-4H3. The van der Waals surface area contributed by atoms with E-state index in [9.17, 15) is 5.02 Å². The summed E-state index contributed by atoms with van der Waals surface area (Å²) in [5.41, 5.74) is 7.15. The van der Waals surface area contributed by atoms with Gasteiger partial charge in [-0.2, -0.15) is 0 Å². The molecule has 0 amide bonds. The van der Waals surface area contributed by atoms with Gasteiger partial charge in [-0.3, -0.25) is 0 Å². The second kappa shape index (κ2) is 6.22. The van der Waals surface area contributed by atoms with Gasteiger partial charge in [0.25, 0.3) is 0 Å². The molecule has 19 heavy (non-hydrogen) atoms. The van der Waals surface area contributed by atoms with Crippen molar-refractivity contribution < 1.29 is 9.68 Å². The Kier molecular flexibility index (Phi) is 5.15. The van der Waals surface area contributed by atoms with Crippen molar-refractivity contribution in [2.45, 2.75) is 39.7 Å². The molecule has 0 fully saturated rings. The molecule has 1 atom stereocenters. The minimum absolute atomic E-state index is 0.297. The van der Waals surface area contributed by atoms with E-state index in [0.29, 0.717) is 22.6 Å². The summed E-state index contributed by atoms with van der Waals surface area (Å²) in [6, 6.07) is 5.10. The van der Waals surface area contributed by atoms with Crippen molar-refractivity contribution in [3.8, 4) is 0 Å². The van der Waals surface area contributed by atoms with Crippen LogP contribution in [-0.4, -0.2) is 24.0 Å². The molecule has 0 heterocycles. The van der Waals surface area contributed by atoms with E-state index in [4.69, 9.17) is 15.8 Å². The van der Waals surface area contributed by atoms with Gasteiger partial charge in [0.1, 0.15) is 0 Å². The van der Waals surface area contributed by atoms with E-state index < -0.39 is 7.12 Å². The number of nitrogen functional groups attached to an aromatic ring is 1. The third-order valence-electron chi connectivity index (χ3n) is 3.86. The van der Waals surface area contributed by atoms with Crippen LogP contribution in [0.3, 0.4) is 0 Å². The van der Waals surface area contributed by atoms with Gasteiger partial charge < -0.3 is 20.8 Å². The molecule has 1 aromatic carbocycles. The fourth-order valence-electron chi connectivity index (χ4n) is 1.83. The van der Waals surface area contributed by atoms with Crippen molar-refractivity contribution in [2.75, 3.05) is 5.73 Å². The van der Waals surface area contributed by atoms with Gasteiger partial charge in [0.2, 0.25) is 0 Å². The molecule has 0 aliphatic rings. The number of hydrogen-bond acceptors (Lipinski definition) is 4. The molecule has 0 saturated heterocycles. The second-order valence-corrected chi connectivity index (χ2v) is 5.32. The smallest absolute Gasteiger partial charge is 0.423 e. The Bertz CT molecular complexity index is 451. The zero-order chi connectivity index (χ0) is 14.6. The van der Waals surface area contributed by atoms with Gasteiger partial charge in [-0.25, -0.2) is 0 Å². The summed E-state index contributed by atoms with van der Waals surface area (Å²) < 4.78 is 5.81. The molecule has 0 aliphatic carbocycles.